The molecule has 3 nitrogen and oxygen atoms in total. The summed E-state index contributed by atoms with van der Waals surface area (Å²) < 4.78 is 5.50. The standard InChI is InChI=1S/C18H30N2O/c1-18(2)9-7-16(8-10-18)20(3)13-15-11-14(12-19)5-6-17(15)21-4/h5-6,11,16H,7-10,12-13,19H2,1-4H3. The predicted molar refractivity (Wildman–Crippen MR) is 88.4 cm³/mol. The van der Waals surface area contributed by atoms with Crippen LogP contribution in [0.5, 0.6) is 5.75 Å². The summed E-state index contributed by atoms with van der Waals surface area (Å²) in [5, 5.41) is 0. The molecule has 1 aliphatic carbocycles. The molecule has 0 aromatic heterocycles. The normalized spacial score (nSPS) is 19.0. The van der Waals surface area contributed by atoms with Gasteiger partial charge in [-0.2, -0.15) is 0 Å². The van der Waals surface area contributed by atoms with E-state index in [0.717, 1.165) is 12.3 Å². The van der Waals surface area contributed by atoms with E-state index in [1.165, 1.54) is 36.8 Å². The van der Waals surface area contributed by atoms with E-state index in [1.54, 1.807) is 7.11 Å². The highest BCUT2D eigenvalue weighted by Gasteiger charge is 2.28. The third-order valence-electron chi connectivity index (χ3n) is 4.93. The van der Waals surface area contributed by atoms with E-state index >= 15 is 0 Å². The zero-order valence-corrected chi connectivity index (χ0v) is 14.0. The summed E-state index contributed by atoms with van der Waals surface area (Å²) >= 11 is 0. The molecule has 0 radical (unpaired) electrons. The topological polar surface area (TPSA) is 38.5 Å². The van der Waals surface area contributed by atoms with Crippen LogP contribution in [0.1, 0.15) is 50.7 Å². The molecule has 118 valence electrons. The molecule has 2 N–H and O–H groups in total. The van der Waals surface area contributed by atoms with Crippen LogP contribution in [0.4, 0.5) is 0 Å². The summed E-state index contributed by atoms with van der Waals surface area (Å²) in [4.78, 5) is 2.48. The zero-order chi connectivity index (χ0) is 15.5. The molecule has 1 fully saturated rings. The van der Waals surface area contributed by atoms with Crippen molar-refractivity contribution < 1.29 is 4.74 Å². The minimum atomic E-state index is 0.522. The summed E-state index contributed by atoms with van der Waals surface area (Å²) in [6.07, 6.45) is 5.23. The number of methoxy groups -OCH3 is 1. The SMILES string of the molecule is COc1ccc(CN)cc1CN(C)C1CCC(C)(C)CC1. The van der Waals surface area contributed by atoms with Gasteiger partial charge < -0.3 is 10.5 Å². The lowest BCUT2D eigenvalue weighted by atomic mass is 9.75. The van der Waals surface area contributed by atoms with E-state index in [0.29, 0.717) is 18.0 Å². The molecule has 1 aliphatic rings. The Hall–Kier alpha value is -1.06. The second-order valence-corrected chi connectivity index (χ2v) is 7.16. The molecule has 1 aromatic carbocycles. The number of rotatable bonds is 5. The molecule has 0 aliphatic heterocycles. The molecule has 21 heavy (non-hydrogen) atoms. The molecule has 0 atom stereocenters. The van der Waals surface area contributed by atoms with Gasteiger partial charge in [-0.1, -0.05) is 19.9 Å². The molecule has 0 amide bonds. The number of hydrogen-bond donors (Lipinski definition) is 1. The largest absolute Gasteiger partial charge is 0.496 e. The minimum Gasteiger partial charge on any atom is -0.496 e. The maximum Gasteiger partial charge on any atom is 0.123 e. The van der Waals surface area contributed by atoms with Crippen molar-refractivity contribution in [1.29, 1.82) is 0 Å². The van der Waals surface area contributed by atoms with Gasteiger partial charge in [0.1, 0.15) is 5.75 Å². The van der Waals surface area contributed by atoms with E-state index in [4.69, 9.17) is 10.5 Å². The number of ether oxygens (including phenoxy) is 1. The van der Waals surface area contributed by atoms with Gasteiger partial charge >= 0.3 is 0 Å². The van der Waals surface area contributed by atoms with Crippen LogP contribution in [0.25, 0.3) is 0 Å². The Morgan fingerprint density at radius 1 is 1.29 bits per heavy atom. The third-order valence-corrected chi connectivity index (χ3v) is 4.93. The lowest BCUT2D eigenvalue weighted by Gasteiger charge is -2.38. The van der Waals surface area contributed by atoms with Crippen LogP contribution in [-0.2, 0) is 13.1 Å². The van der Waals surface area contributed by atoms with Gasteiger partial charge in [0.2, 0.25) is 0 Å². The van der Waals surface area contributed by atoms with Gasteiger partial charge in [-0.05, 0) is 55.8 Å². The highest BCUT2D eigenvalue weighted by molar-refractivity contribution is 5.37. The van der Waals surface area contributed by atoms with Gasteiger partial charge in [-0.15, -0.1) is 0 Å². The Balaban J connectivity index is 2.04. The van der Waals surface area contributed by atoms with E-state index in [1.807, 2.05) is 12.1 Å². The smallest absolute Gasteiger partial charge is 0.123 e. The quantitative estimate of drug-likeness (QED) is 0.901. The maximum absolute atomic E-state index is 5.76. The molecule has 0 bridgehead atoms. The second kappa shape index (κ2) is 6.80. The van der Waals surface area contributed by atoms with Gasteiger partial charge in [0, 0.05) is 24.7 Å². The first-order valence-corrected chi connectivity index (χ1v) is 8.01. The van der Waals surface area contributed by atoms with Crippen molar-refractivity contribution >= 4 is 0 Å². The highest BCUT2D eigenvalue weighted by atomic mass is 16.5. The monoisotopic (exact) mass is 290 g/mol. The first kappa shape index (κ1) is 16.3. The van der Waals surface area contributed by atoms with Crippen molar-refractivity contribution in [1.82, 2.24) is 4.90 Å². The number of hydrogen-bond acceptors (Lipinski definition) is 3. The molecule has 0 saturated heterocycles. The van der Waals surface area contributed by atoms with Crippen molar-refractivity contribution in [3.63, 3.8) is 0 Å². The Labute approximate surface area is 129 Å². The molecular weight excluding hydrogens is 260 g/mol. The fourth-order valence-electron chi connectivity index (χ4n) is 3.31. The molecule has 2 rings (SSSR count). The molecular formula is C18H30N2O. The lowest BCUT2D eigenvalue weighted by Crippen LogP contribution is -2.36. The van der Waals surface area contributed by atoms with Crippen LogP contribution >= 0.6 is 0 Å². The summed E-state index contributed by atoms with van der Waals surface area (Å²) in [5.41, 5.74) is 8.70. The lowest BCUT2D eigenvalue weighted by molar-refractivity contribution is 0.122. The van der Waals surface area contributed by atoms with E-state index in [-0.39, 0.29) is 0 Å². The zero-order valence-electron chi connectivity index (χ0n) is 14.0. The molecule has 1 aromatic rings. The average molecular weight is 290 g/mol. The summed E-state index contributed by atoms with van der Waals surface area (Å²) in [5.74, 6) is 0.968. The average Bonchev–Trinajstić information content (AvgIpc) is 2.46. The molecule has 0 unspecified atom stereocenters. The maximum atomic E-state index is 5.76. The Morgan fingerprint density at radius 3 is 2.52 bits per heavy atom. The van der Waals surface area contributed by atoms with Crippen LogP contribution in [0.2, 0.25) is 0 Å². The van der Waals surface area contributed by atoms with Crippen LogP contribution < -0.4 is 10.5 Å². The van der Waals surface area contributed by atoms with Crippen molar-refractivity contribution in [2.45, 2.75) is 58.7 Å². The minimum absolute atomic E-state index is 0.522. The number of nitrogens with zero attached hydrogens (tertiary/aromatic N) is 1. The van der Waals surface area contributed by atoms with Crippen molar-refractivity contribution in [2.24, 2.45) is 11.1 Å². The van der Waals surface area contributed by atoms with Crippen molar-refractivity contribution in [3.8, 4) is 5.75 Å². The first-order chi connectivity index (χ1) is 9.95. The van der Waals surface area contributed by atoms with Gasteiger partial charge in [-0.25, -0.2) is 0 Å². The van der Waals surface area contributed by atoms with Crippen LogP contribution in [0, 0.1) is 5.41 Å². The molecule has 3 heteroatoms. The molecule has 1 saturated carbocycles. The Bertz CT molecular complexity index is 460. The van der Waals surface area contributed by atoms with Crippen LogP contribution in [0.3, 0.4) is 0 Å². The van der Waals surface area contributed by atoms with E-state index in [2.05, 4.69) is 31.9 Å². The van der Waals surface area contributed by atoms with Gasteiger partial charge in [0.25, 0.3) is 0 Å². The first-order valence-electron chi connectivity index (χ1n) is 8.01. The molecule has 0 spiro atoms. The summed E-state index contributed by atoms with van der Waals surface area (Å²) in [7, 11) is 3.97. The van der Waals surface area contributed by atoms with Crippen LogP contribution in [0.15, 0.2) is 18.2 Å². The Kier molecular flexibility index (Phi) is 5.28. The number of benzene rings is 1. The van der Waals surface area contributed by atoms with E-state index < -0.39 is 0 Å². The van der Waals surface area contributed by atoms with E-state index in [9.17, 15) is 0 Å². The summed E-state index contributed by atoms with van der Waals surface area (Å²) in [6, 6.07) is 6.95. The third kappa shape index (κ3) is 4.21. The highest BCUT2D eigenvalue weighted by Crippen LogP contribution is 2.37. The molecule has 0 heterocycles. The Morgan fingerprint density at radius 2 is 1.95 bits per heavy atom. The second-order valence-electron chi connectivity index (χ2n) is 7.16. The van der Waals surface area contributed by atoms with Gasteiger partial charge in [-0.3, -0.25) is 4.90 Å². The van der Waals surface area contributed by atoms with Gasteiger partial charge in [0.15, 0.2) is 0 Å². The fourth-order valence-corrected chi connectivity index (χ4v) is 3.31. The van der Waals surface area contributed by atoms with Crippen LogP contribution in [-0.4, -0.2) is 25.1 Å². The fraction of sp³-hybridized carbons (Fsp3) is 0.667. The summed E-state index contributed by atoms with van der Waals surface area (Å²) in [6.45, 7) is 6.29. The predicted octanol–water partition coefficient (Wildman–Crippen LogP) is 3.55. The van der Waals surface area contributed by atoms with Crippen molar-refractivity contribution in [2.75, 3.05) is 14.2 Å². The van der Waals surface area contributed by atoms with Crippen molar-refractivity contribution in [3.05, 3.63) is 29.3 Å². The number of nitrogens with two attached hydrogens (primary N) is 1. The van der Waals surface area contributed by atoms with Gasteiger partial charge in [0.05, 0.1) is 7.11 Å².